The van der Waals surface area contributed by atoms with Crippen LogP contribution < -0.4 is 37.2 Å². The van der Waals surface area contributed by atoms with Crippen LogP contribution >= 0.6 is 0 Å². The predicted octanol–water partition coefficient (Wildman–Crippen LogP) is -3.35. The Kier molecular flexibility index (Phi) is 8.47. The van der Waals surface area contributed by atoms with Crippen LogP contribution in [0.3, 0.4) is 0 Å². The van der Waals surface area contributed by atoms with E-state index in [0.29, 0.717) is 4.22 Å². The normalized spacial score (nSPS) is 13.9. The van der Waals surface area contributed by atoms with Crippen molar-refractivity contribution in [3.05, 3.63) is 90.0 Å². The topological polar surface area (TPSA) is 0 Å². The number of rotatable bonds is 2. The second-order valence-electron chi connectivity index (χ2n) is 5.56. The standard InChI is InChI=1S/C21H15.3ClH.Ti/c1-3-8-16(9-4-1)18-14-15-19(17-10-5-2-6-11-17)21-13-7-12-20(18)21;;;;/h1-15H;3*1H;/q;;;;+3/p-3. The van der Waals surface area contributed by atoms with Gasteiger partial charge in [-0.3, -0.25) is 0 Å². The Morgan fingerprint density at radius 1 is 0.600 bits per heavy atom. The fourth-order valence-electron chi connectivity index (χ4n) is 3.18. The van der Waals surface area contributed by atoms with Gasteiger partial charge < -0.3 is 37.2 Å². The molecular formula is C21H15Cl3Ti. The van der Waals surface area contributed by atoms with E-state index < -0.39 is 0 Å². The molecule has 3 aromatic rings. The van der Waals surface area contributed by atoms with E-state index in [2.05, 4.69) is 105 Å². The van der Waals surface area contributed by atoms with Crippen LogP contribution in [0, 0.1) is 0 Å². The third kappa shape index (κ3) is 4.22. The monoisotopic (exact) mass is 420 g/mol. The van der Waals surface area contributed by atoms with E-state index in [4.69, 9.17) is 0 Å². The molecule has 0 saturated carbocycles. The molecule has 1 atom stereocenters. The summed E-state index contributed by atoms with van der Waals surface area (Å²) >= 11 is 2.28. The number of hydrogen-bond acceptors (Lipinski definition) is 0. The maximum absolute atomic E-state index is 2.31. The summed E-state index contributed by atoms with van der Waals surface area (Å²) in [6.45, 7) is 0. The van der Waals surface area contributed by atoms with Gasteiger partial charge in [-0.25, -0.2) is 0 Å². The second-order valence-corrected chi connectivity index (χ2v) is 6.53. The number of halogens is 3. The Bertz CT molecular complexity index is 846. The van der Waals surface area contributed by atoms with Gasteiger partial charge in [-0.15, -0.1) is 0 Å². The quantitative estimate of drug-likeness (QED) is 0.380. The first-order valence-electron chi connectivity index (χ1n) is 7.51. The predicted molar refractivity (Wildman–Crippen MR) is 89.1 cm³/mol. The van der Waals surface area contributed by atoms with E-state index in [1.807, 2.05) is 0 Å². The SMILES string of the molecule is [Cl-].[Cl-].[Cl-].[Ti+3][CH]1C=Cc2c(-c3ccccc3)ccc(-c3ccccc3)c21. The molecule has 0 spiro atoms. The molecule has 0 aromatic heterocycles. The van der Waals surface area contributed by atoms with Gasteiger partial charge in [0.15, 0.2) is 0 Å². The summed E-state index contributed by atoms with van der Waals surface area (Å²) in [5, 5.41) is 0. The molecule has 3 aromatic carbocycles. The van der Waals surface area contributed by atoms with Gasteiger partial charge in [0.2, 0.25) is 0 Å². The van der Waals surface area contributed by atoms with Gasteiger partial charge in [-0.1, -0.05) is 0 Å². The summed E-state index contributed by atoms with van der Waals surface area (Å²) < 4.78 is 0.467. The van der Waals surface area contributed by atoms with Crippen LogP contribution in [-0.4, -0.2) is 0 Å². The van der Waals surface area contributed by atoms with Crippen molar-refractivity contribution in [3.63, 3.8) is 0 Å². The first-order valence-corrected chi connectivity index (χ1v) is 8.42. The molecule has 0 bridgehead atoms. The van der Waals surface area contributed by atoms with Crippen molar-refractivity contribution in [1.29, 1.82) is 0 Å². The van der Waals surface area contributed by atoms with Crippen LogP contribution in [0.4, 0.5) is 0 Å². The number of allylic oxidation sites excluding steroid dienone is 1. The zero-order valence-corrected chi connectivity index (χ0v) is 17.1. The average Bonchev–Trinajstić information content (AvgIpc) is 2.98. The van der Waals surface area contributed by atoms with Gasteiger partial charge in [0.1, 0.15) is 0 Å². The van der Waals surface area contributed by atoms with Crippen molar-refractivity contribution < 1.29 is 57.7 Å². The Balaban J connectivity index is 0.00000104. The van der Waals surface area contributed by atoms with Crippen LogP contribution in [0.25, 0.3) is 28.3 Å². The maximum atomic E-state index is 2.31. The molecule has 0 radical (unpaired) electrons. The molecule has 0 heterocycles. The first kappa shape index (κ1) is 22.0. The van der Waals surface area contributed by atoms with E-state index in [1.165, 1.54) is 33.4 Å². The minimum atomic E-state index is 0. The minimum absolute atomic E-state index is 0. The van der Waals surface area contributed by atoms with Gasteiger partial charge in [0.25, 0.3) is 0 Å². The zero-order chi connectivity index (χ0) is 14.9. The number of hydrogen-bond donors (Lipinski definition) is 0. The fourth-order valence-corrected chi connectivity index (χ4v) is 3.81. The third-order valence-electron chi connectivity index (χ3n) is 4.22. The summed E-state index contributed by atoms with van der Waals surface area (Å²) in [5.74, 6) is 0. The van der Waals surface area contributed by atoms with Gasteiger partial charge >= 0.3 is 143 Å². The second kappa shape index (κ2) is 9.62. The summed E-state index contributed by atoms with van der Waals surface area (Å²) in [4.78, 5) is 0. The van der Waals surface area contributed by atoms with Crippen LogP contribution in [0.1, 0.15) is 15.3 Å². The van der Waals surface area contributed by atoms with E-state index >= 15 is 0 Å². The molecule has 4 rings (SSSR count). The van der Waals surface area contributed by atoms with Gasteiger partial charge in [0.05, 0.1) is 0 Å². The van der Waals surface area contributed by atoms with Gasteiger partial charge in [-0.2, -0.15) is 0 Å². The van der Waals surface area contributed by atoms with Gasteiger partial charge in [-0.05, 0) is 0 Å². The Hall–Kier alpha value is -1.02. The molecule has 0 amide bonds. The van der Waals surface area contributed by atoms with Crippen molar-refractivity contribution >= 4 is 6.08 Å². The van der Waals surface area contributed by atoms with Crippen LogP contribution in [0.2, 0.25) is 0 Å². The molecular weight excluding hydrogens is 406 g/mol. The molecule has 1 aliphatic carbocycles. The number of fused-ring (bicyclic) bond motifs is 1. The van der Waals surface area contributed by atoms with Crippen LogP contribution in [0.15, 0.2) is 78.9 Å². The molecule has 0 fully saturated rings. The van der Waals surface area contributed by atoms with Crippen molar-refractivity contribution in [2.45, 2.75) is 4.22 Å². The molecule has 25 heavy (non-hydrogen) atoms. The summed E-state index contributed by atoms with van der Waals surface area (Å²) in [6.07, 6.45) is 4.60. The molecule has 1 unspecified atom stereocenters. The molecule has 0 saturated heterocycles. The Morgan fingerprint density at radius 2 is 1.08 bits per heavy atom. The van der Waals surface area contributed by atoms with Crippen molar-refractivity contribution in [1.82, 2.24) is 0 Å². The van der Waals surface area contributed by atoms with E-state index in [1.54, 1.807) is 0 Å². The van der Waals surface area contributed by atoms with E-state index in [9.17, 15) is 0 Å². The molecule has 124 valence electrons. The number of benzene rings is 3. The average molecular weight is 422 g/mol. The summed E-state index contributed by atoms with van der Waals surface area (Å²) in [6, 6.07) is 25.9. The summed E-state index contributed by atoms with van der Waals surface area (Å²) in [5.41, 5.74) is 8.10. The van der Waals surface area contributed by atoms with Crippen LogP contribution in [-0.2, 0) is 20.4 Å². The molecule has 0 aliphatic heterocycles. The van der Waals surface area contributed by atoms with Crippen molar-refractivity contribution in [3.8, 4) is 22.3 Å². The van der Waals surface area contributed by atoms with Gasteiger partial charge in [0, 0.05) is 0 Å². The van der Waals surface area contributed by atoms with Crippen LogP contribution in [0.5, 0.6) is 0 Å². The van der Waals surface area contributed by atoms with Crippen molar-refractivity contribution in [2.75, 3.05) is 0 Å². The van der Waals surface area contributed by atoms with E-state index in [0.717, 1.165) is 0 Å². The summed E-state index contributed by atoms with van der Waals surface area (Å²) in [7, 11) is 0. The van der Waals surface area contributed by atoms with Crippen molar-refractivity contribution in [2.24, 2.45) is 0 Å². The molecule has 1 aliphatic rings. The molecule has 0 nitrogen and oxygen atoms in total. The molecule has 0 N–H and O–H groups in total. The Morgan fingerprint density at radius 3 is 1.64 bits per heavy atom. The molecule has 4 heteroatoms. The van der Waals surface area contributed by atoms with E-state index in [-0.39, 0.29) is 37.2 Å². The first-order chi connectivity index (χ1) is 10.8. The fraction of sp³-hybridized carbons (Fsp3) is 0.0476. The third-order valence-corrected chi connectivity index (χ3v) is 4.97. The Labute approximate surface area is 179 Å². The zero-order valence-electron chi connectivity index (χ0n) is 13.3.